The second-order valence-corrected chi connectivity index (χ2v) is 7.35. The second kappa shape index (κ2) is 9.71. The summed E-state index contributed by atoms with van der Waals surface area (Å²) in [5, 5.41) is 2.86. The van der Waals surface area contributed by atoms with Crippen LogP contribution in [0.25, 0.3) is 0 Å². The average molecular weight is 447 g/mol. The van der Waals surface area contributed by atoms with Crippen LogP contribution in [0.2, 0.25) is 0 Å². The molecule has 6 nitrogen and oxygen atoms in total. The average Bonchev–Trinajstić information content (AvgIpc) is 2.72. The molecule has 0 saturated carbocycles. The van der Waals surface area contributed by atoms with Crippen LogP contribution in [-0.4, -0.2) is 44.8 Å². The number of amides is 1. The third kappa shape index (κ3) is 5.11. The highest BCUT2D eigenvalue weighted by Crippen LogP contribution is 2.27. The van der Waals surface area contributed by atoms with Crippen molar-refractivity contribution in [2.75, 3.05) is 43.1 Å². The first-order valence-electron chi connectivity index (χ1n) is 9.29. The largest absolute Gasteiger partial charge is 0.462 e. The molecule has 0 radical (unpaired) electrons. The van der Waals surface area contributed by atoms with Gasteiger partial charge >= 0.3 is 5.97 Å². The van der Waals surface area contributed by atoms with Gasteiger partial charge in [0.1, 0.15) is 0 Å². The van der Waals surface area contributed by atoms with Crippen LogP contribution in [-0.2, 0) is 9.47 Å². The number of hydrogen-bond donors (Lipinski definition) is 1. The number of halogens is 1. The van der Waals surface area contributed by atoms with Crippen molar-refractivity contribution in [3.63, 3.8) is 0 Å². The molecule has 1 aliphatic rings. The molecule has 0 aromatic heterocycles. The van der Waals surface area contributed by atoms with Gasteiger partial charge in [-0.3, -0.25) is 4.79 Å². The number of nitrogens with zero attached hydrogens (tertiary/aromatic N) is 1. The Morgan fingerprint density at radius 2 is 1.96 bits per heavy atom. The molecular formula is C21H23BrN2O4. The Balaban J connectivity index is 1.85. The summed E-state index contributed by atoms with van der Waals surface area (Å²) in [6.07, 6.45) is 0.748. The van der Waals surface area contributed by atoms with Crippen LogP contribution in [0.15, 0.2) is 46.9 Å². The van der Waals surface area contributed by atoms with E-state index in [0.717, 1.165) is 16.6 Å². The topological polar surface area (TPSA) is 67.9 Å². The highest BCUT2D eigenvalue weighted by Gasteiger charge is 2.21. The van der Waals surface area contributed by atoms with Crippen LogP contribution in [0.5, 0.6) is 0 Å². The minimum absolute atomic E-state index is 0.242. The molecule has 1 heterocycles. The molecule has 1 aliphatic heterocycles. The summed E-state index contributed by atoms with van der Waals surface area (Å²) >= 11 is 3.37. The van der Waals surface area contributed by atoms with E-state index in [0.29, 0.717) is 49.7 Å². The SMILES string of the molecule is CCCOC(=O)c1cc(NC(=O)c2cccc(Br)c2)ccc1N1CCOCC1. The van der Waals surface area contributed by atoms with E-state index in [2.05, 4.69) is 26.1 Å². The summed E-state index contributed by atoms with van der Waals surface area (Å²) in [5.41, 5.74) is 2.32. The van der Waals surface area contributed by atoms with Gasteiger partial charge in [-0.2, -0.15) is 0 Å². The molecule has 1 amide bonds. The fraction of sp³-hybridized carbons (Fsp3) is 0.333. The quantitative estimate of drug-likeness (QED) is 0.676. The molecule has 0 atom stereocenters. The van der Waals surface area contributed by atoms with E-state index in [1.54, 1.807) is 30.3 Å². The molecule has 3 rings (SSSR count). The Morgan fingerprint density at radius 3 is 2.68 bits per heavy atom. The van der Waals surface area contributed by atoms with Crippen molar-refractivity contribution in [3.8, 4) is 0 Å². The number of rotatable bonds is 6. The van der Waals surface area contributed by atoms with Crippen LogP contribution in [0.4, 0.5) is 11.4 Å². The number of esters is 1. The standard InChI is InChI=1S/C21H23BrN2O4/c1-2-10-28-21(26)18-14-17(6-7-19(18)24-8-11-27-12-9-24)23-20(25)15-4-3-5-16(22)13-15/h3-7,13-14H,2,8-12H2,1H3,(H,23,25). The molecule has 1 saturated heterocycles. The molecule has 2 aromatic rings. The predicted octanol–water partition coefficient (Wildman–Crippen LogP) is 4.10. The molecule has 148 valence electrons. The Labute approximate surface area is 172 Å². The lowest BCUT2D eigenvalue weighted by molar-refractivity contribution is 0.0504. The first-order chi connectivity index (χ1) is 13.6. The number of carbonyl (C=O) groups is 2. The van der Waals surface area contributed by atoms with Gasteiger partial charge in [-0.15, -0.1) is 0 Å². The number of benzene rings is 2. The lowest BCUT2D eigenvalue weighted by Crippen LogP contribution is -2.37. The maximum absolute atomic E-state index is 12.6. The van der Waals surface area contributed by atoms with E-state index in [-0.39, 0.29) is 11.9 Å². The third-order valence-electron chi connectivity index (χ3n) is 4.35. The van der Waals surface area contributed by atoms with E-state index in [9.17, 15) is 9.59 Å². The number of carbonyl (C=O) groups excluding carboxylic acids is 2. The van der Waals surface area contributed by atoms with Gasteiger partial charge in [-0.25, -0.2) is 4.79 Å². The molecular weight excluding hydrogens is 424 g/mol. The van der Waals surface area contributed by atoms with Gasteiger partial charge in [0, 0.05) is 28.8 Å². The zero-order valence-electron chi connectivity index (χ0n) is 15.7. The Kier molecular flexibility index (Phi) is 7.06. The van der Waals surface area contributed by atoms with Crippen LogP contribution in [0.1, 0.15) is 34.1 Å². The molecule has 0 unspecified atom stereocenters. The van der Waals surface area contributed by atoms with Crippen molar-refractivity contribution in [1.82, 2.24) is 0 Å². The fourth-order valence-corrected chi connectivity index (χ4v) is 3.36. The summed E-state index contributed by atoms with van der Waals surface area (Å²) < 4.78 is 11.6. The van der Waals surface area contributed by atoms with Gasteiger partial charge in [0.05, 0.1) is 31.1 Å². The maximum Gasteiger partial charge on any atom is 0.340 e. The Hall–Kier alpha value is -2.38. The number of morpholine rings is 1. The van der Waals surface area contributed by atoms with Crippen LogP contribution < -0.4 is 10.2 Å². The van der Waals surface area contributed by atoms with Crippen LogP contribution in [0, 0.1) is 0 Å². The first-order valence-corrected chi connectivity index (χ1v) is 10.1. The smallest absolute Gasteiger partial charge is 0.340 e. The van der Waals surface area contributed by atoms with Crippen molar-refractivity contribution in [1.29, 1.82) is 0 Å². The molecule has 1 fully saturated rings. The van der Waals surface area contributed by atoms with E-state index >= 15 is 0 Å². The van der Waals surface area contributed by atoms with Gasteiger partial charge in [0.25, 0.3) is 5.91 Å². The summed E-state index contributed by atoms with van der Waals surface area (Å²) in [7, 11) is 0. The highest BCUT2D eigenvalue weighted by atomic mass is 79.9. The summed E-state index contributed by atoms with van der Waals surface area (Å²) in [6, 6.07) is 12.5. The van der Waals surface area contributed by atoms with Gasteiger partial charge in [-0.1, -0.05) is 28.9 Å². The van der Waals surface area contributed by atoms with Crippen LogP contribution in [0.3, 0.4) is 0 Å². The van der Waals surface area contributed by atoms with E-state index < -0.39 is 0 Å². The van der Waals surface area contributed by atoms with E-state index in [1.165, 1.54) is 0 Å². The number of nitrogens with one attached hydrogen (secondary N) is 1. The van der Waals surface area contributed by atoms with Gasteiger partial charge in [0.15, 0.2) is 0 Å². The number of hydrogen-bond acceptors (Lipinski definition) is 5. The Bertz CT molecular complexity index is 850. The monoisotopic (exact) mass is 446 g/mol. The van der Waals surface area contributed by atoms with E-state index in [1.807, 2.05) is 19.1 Å². The zero-order chi connectivity index (χ0) is 19.9. The van der Waals surface area contributed by atoms with E-state index in [4.69, 9.17) is 9.47 Å². The maximum atomic E-state index is 12.6. The molecule has 2 aromatic carbocycles. The molecule has 0 aliphatic carbocycles. The predicted molar refractivity (Wildman–Crippen MR) is 112 cm³/mol. The van der Waals surface area contributed by atoms with Gasteiger partial charge < -0.3 is 19.7 Å². The normalized spacial score (nSPS) is 13.9. The number of anilines is 2. The van der Waals surface area contributed by atoms with Crippen LogP contribution >= 0.6 is 15.9 Å². The summed E-state index contributed by atoms with van der Waals surface area (Å²) in [6.45, 7) is 4.95. The zero-order valence-corrected chi connectivity index (χ0v) is 17.3. The molecule has 1 N–H and O–H groups in total. The molecule has 28 heavy (non-hydrogen) atoms. The van der Waals surface area contributed by atoms with Crippen molar-refractivity contribution >= 4 is 39.2 Å². The minimum atomic E-state index is -0.387. The summed E-state index contributed by atoms with van der Waals surface area (Å²) in [5.74, 6) is -0.629. The molecule has 7 heteroatoms. The lowest BCUT2D eigenvalue weighted by Gasteiger charge is -2.30. The molecule has 0 spiro atoms. The fourth-order valence-electron chi connectivity index (χ4n) is 2.96. The van der Waals surface area contributed by atoms with Gasteiger partial charge in [-0.05, 0) is 42.8 Å². The third-order valence-corrected chi connectivity index (χ3v) is 4.84. The minimum Gasteiger partial charge on any atom is -0.462 e. The summed E-state index contributed by atoms with van der Waals surface area (Å²) in [4.78, 5) is 27.3. The molecule has 0 bridgehead atoms. The lowest BCUT2D eigenvalue weighted by atomic mass is 10.1. The van der Waals surface area contributed by atoms with Crippen molar-refractivity contribution in [3.05, 3.63) is 58.1 Å². The number of ether oxygens (including phenoxy) is 2. The first kappa shape index (κ1) is 20.4. The Morgan fingerprint density at radius 1 is 1.18 bits per heavy atom. The van der Waals surface area contributed by atoms with Crippen molar-refractivity contribution in [2.24, 2.45) is 0 Å². The second-order valence-electron chi connectivity index (χ2n) is 6.43. The van der Waals surface area contributed by atoms with Crippen molar-refractivity contribution < 1.29 is 19.1 Å². The highest BCUT2D eigenvalue weighted by molar-refractivity contribution is 9.10. The van der Waals surface area contributed by atoms with Crippen molar-refractivity contribution in [2.45, 2.75) is 13.3 Å². The van der Waals surface area contributed by atoms with Gasteiger partial charge in [0.2, 0.25) is 0 Å².